The minimum absolute atomic E-state index is 0.164. The molecule has 0 fully saturated rings. The van der Waals surface area contributed by atoms with Crippen molar-refractivity contribution in [3.63, 3.8) is 0 Å². The lowest BCUT2D eigenvalue weighted by Gasteiger charge is -2.05. The summed E-state index contributed by atoms with van der Waals surface area (Å²) >= 11 is 0. The van der Waals surface area contributed by atoms with Crippen molar-refractivity contribution in [1.82, 2.24) is 10.5 Å². The zero-order valence-corrected chi connectivity index (χ0v) is 6.26. The smallest absolute Gasteiger partial charge is 0.360 e. The Morgan fingerprint density at radius 1 is 1.62 bits per heavy atom. The molecule has 0 saturated carbocycles. The Bertz CT molecular complexity index is 281. The lowest BCUT2D eigenvalue weighted by molar-refractivity contribution is -0.173. The Kier molecular flexibility index (Phi) is 2.54. The van der Waals surface area contributed by atoms with Crippen LogP contribution >= 0.6 is 0 Å². The van der Waals surface area contributed by atoms with Crippen molar-refractivity contribution in [3.05, 3.63) is 18.0 Å². The lowest BCUT2D eigenvalue weighted by atomic mass is 10.4. The topological polar surface area (TPSA) is 55.1 Å². The minimum atomic E-state index is -4.86. The first-order chi connectivity index (χ1) is 6.00. The summed E-state index contributed by atoms with van der Waals surface area (Å²) in [6.45, 7) is -0.321. The summed E-state index contributed by atoms with van der Waals surface area (Å²) in [5.74, 6) is -1.83. The third-order valence-electron chi connectivity index (χ3n) is 1.17. The van der Waals surface area contributed by atoms with Crippen LogP contribution in [0.5, 0.6) is 0 Å². The Hall–Kier alpha value is -1.53. The Morgan fingerprint density at radius 3 is 2.77 bits per heavy atom. The molecular weight excluding hydrogens is 189 g/mol. The molecule has 13 heavy (non-hydrogen) atoms. The number of hydrogen-bond donors (Lipinski definition) is 1. The summed E-state index contributed by atoms with van der Waals surface area (Å²) < 4.78 is 39.3. The molecule has 1 heterocycles. The zero-order valence-electron chi connectivity index (χ0n) is 6.26. The van der Waals surface area contributed by atoms with E-state index in [1.165, 1.54) is 12.3 Å². The van der Waals surface area contributed by atoms with E-state index in [0.29, 0.717) is 0 Å². The van der Waals surface area contributed by atoms with Crippen molar-refractivity contribution in [2.45, 2.75) is 12.7 Å². The van der Waals surface area contributed by atoms with Crippen LogP contribution in [-0.2, 0) is 11.3 Å². The quantitative estimate of drug-likeness (QED) is 0.759. The van der Waals surface area contributed by atoms with Crippen molar-refractivity contribution in [1.29, 1.82) is 0 Å². The first-order valence-corrected chi connectivity index (χ1v) is 3.25. The van der Waals surface area contributed by atoms with Crippen LogP contribution in [-0.4, -0.2) is 17.2 Å². The van der Waals surface area contributed by atoms with Gasteiger partial charge in [0.25, 0.3) is 0 Å². The van der Waals surface area contributed by atoms with Gasteiger partial charge in [-0.2, -0.15) is 13.2 Å². The van der Waals surface area contributed by atoms with Gasteiger partial charge in [-0.3, -0.25) is 4.79 Å². The van der Waals surface area contributed by atoms with Gasteiger partial charge in [0.2, 0.25) is 0 Å². The van der Waals surface area contributed by atoms with Crippen LogP contribution in [0, 0.1) is 0 Å². The molecule has 1 N–H and O–H groups in total. The van der Waals surface area contributed by atoms with Crippen molar-refractivity contribution in [2.75, 3.05) is 0 Å². The number of carbonyl (C=O) groups is 1. The SMILES string of the molecule is O=C(NCc1ccno1)C(F)(F)F. The average Bonchev–Trinajstić information content (AvgIpc) is 2.50. The first-order valence-electron chi connectivity index (χ1n) is 3.25. The second kappa shape index (κ2) is 3.46. The Labute approximate surface area is 70.7 Å². The van der Waals surface area contributed by atoms with Crippen molar-refractivity contribution < 1.29 is 22.5 Å². The first kappa shape index (κ1) is 9.56. The predicted molar refractivity (Wildman–Crippen MR) is 34.4 cm³/mol. The van der Waals surface area contributed by atoms with E-state index in [1.54, 1.807) is 5.32 Å². The number of halogens is 3. The van der Waals surface area contributed by atoms with E-state index in [9.17, 15) is 18.0 Å². The summed E-state index contributed by atoms with van der Waals surface area (Å²) in [7, 11) is 0. The molecule has 0 saturated heterocycles. The van der Waals surface area contributed by atoms with E-state index in [2.05, 4.69) is 9.68 Å². The molecule has 0 radical (unpaired) electrons. The second-order valence-electron chi connectivity index (χ2n) is 2.16. The second-order valence-corrected chi connectivity index (χ2v) is 2.16. The number of alkyl halides is 3. The highest BCUT2D eigenvalue weighted by Crippen LogP contribution is 2.14. The lowest BCUT2D eigenvalue weighted by Crippen LogP contribution is -2.36. The van der Waals surface area contributed by atoms with Gasteiger partial charge >= 0.3 is 12.1 Å². The van der Waals surface area contributed by atoms with Crippen LogP contribution in [0.25, 0.3) is 0 Å². The number of rotatable bonds is 2. The maximum atomic E-state index is 11.6. The van der Waals surface area contributed by atoms with Gasteiger partial charge in [-0.15, -0.1) is 0 Å². The van der Waals surface area contributed by atoms with Crippen LogP contribution < -0.4 is 5.32 Å². The predicted octanol–water partition coefficient (Wildman–Crippen LogP) is 0.853. The highest BCUT2D eigenvalue weighted by atomic mass is 19.4. The molecule has 0 aliphatic rings. The fourth-order valence-electron chi connectivity index (χ4n) is 0.601. The molecule has 0 aromatic carbocycles. The standard InChI is InChI=1S/C6H5F3N2O2/c7-6(8,9)5(12)10-3-4-1-2-11-13-4/h1-2H,3H2,(H,10,12). The molecule has 1 aromatic rings. The molecule has 1 rings (SSSR count). The summed E-state index contributed by atoms with van der Waals surface area (Å²) in [6, 6.07) is 1.36. The number of hydrogen-bond acceptors (Lipinski definition) is 3. The summed E-state index contributed by atoms with van der Waals surface area (Å²) in [6.07, 6.45) is -3.59. The van der Waals surface area contributed by atoms with Gasteiger partial charge in [0, 0.05) is 6.07 Å². The van der Waals surface area contributed by atoms with E-state index in [0.717, 1.165) is 0 Å². The molecule has 7 heteroatoms. The highest BCUT2D eigenvalue weighted by molar-refractivity contribution is 5.81. The summed E-state index contributed by atoms with van der Waals surface area (Å²) in [5.41, 5.74) is 0. The zero-order chi connectivity index (χ0) is 9.90. The van der Waals surface area contributed by atoms with E-state index in [-0.39, 0.29) is 12.3 Å². The molecule has 4 nitrogen and oxygen atoms in total. The molecule has 1 aromatic heterocycles. The van der Waals surface area contributed by atoms with Gasteiger partial charge in [-0.25, -0.2) is 0 Å². The maximum absolute atomic E-state index is 11.6. The maximum Gasteiger partial charge on any atom is 0.471 e. The van der Waals surface area contributed by atoms with Gasteiger partial charge in [-0.05, 0) is 0 Å². The van der Waals surface area contributed by atoms with Gasteiger partial charge < -0.3 is 9.84 Å². The molecule has 0 atom stereocenters. The molecule has 0 spiro atoms. The molecule has 0 bridgehead atoms. The van der Waals surface area contributed by atoms with Crippen LogP contribution in [0.15, 0.2) is 16.8 Å². The molecular formula is C6H5F3N2O2. The van der Waals surface area contributed by atoms with Crippen molar-refractivity contribution in [3.8, 4) is 0 Å². The fourth-order valence-corrected chi connectivity index (χ4v) is 0.601. The van der Waals surface area contributed by atoms with Crippen LogP contribution in [0.1, 0.15) is 5.76 Å². The number of nitrogens with one attached hydrogen (secondary N) is 1. The van der Waals surface area contributed by atoms with E-state index < -0.39 is 12.1 Å². The highest BCUT2D eigenvalue weighted by Gasteiger charge is 2.38. The average molecular weight is 194 g/mol. The number of amides is 1. The Balaban J connectivity index is 2.40. The van der Waals surface area contributed by atoms with E-state index in [4.69, 9.17) is 0 Å². The monoisotopic (exact) mass is 194 g/mol. The minimum Gasteiger partial charge on any atom is -0.360 e. The van der Waals surface area contributed by atoms with Crippen molar-refractivity contribution in [2.24, 2.45) is 0 Å². The number of nitrogens with zero attached hydrogens (tertiary/aromatic N) is 1. The van der Waals surface area contributed by atoms with Gasteiger partial charge in [-0.1, -0.05) is 5.16 Å². The van der Waals surface area contributed by atoms with Crippen molar-refractivity contribution >= 4 is 5.91 Å². The van der Waals surface area contributed by atoms with Crippen LogP contribution in [0.3, 0.4) is 0 Å². The third-order valence-corrected chi connectivity index (χ3v) is 1.17. The van der Waals surface area contributed by atoms with Crippen LogP contribution in [0.2, 0.25) is 0 Å². The van der Waals surface area contributed by atoms with Gasteiger partial charge in [0.05, 0.1) is 12.7 Å². The third kappa shape index (κ3) is 2.77. The van der Waals surface area contributed by atoms with Gasteiger partial charge in [0.15, 0.2) is 5.76 Å². The van der Waals surface area contributed by atoms with Gasteiger partial charge in [0.1, 0.15) is 0 Å². The number of aromatic nitrogens is 1. The normalized spacial score (nSPS) is 11.3. The molecule has 0 unspecified atom stereocenters. The summed E-state index contributed by atoms with van der Waals surface area (Å²) in [5, 5.41) is 4.88. The Morgan fingerprint density at radius 2 is 2.31 bits per heavy atom. The van der Waals surface area contributed by atoms with E-state index in [1.807, 2.05) is 0 Å². The number of carbonyl (C=O) groups excluding carboxylic acids is 1. The van der Waals surface area contributed by atoms with Crippen LogP contribution in [0.4, 0.5) is 13.2 Å². The van der Waals surface area contributed by atoms with E-state index >= 15 is 0 Å². The molecule has 72 valence electrons. The molecule has 0 aliphatic carbocycles. The molecule has 0 aliphatic heterocycles. The summed E-state index contributed by atoms with van der Waals surface area (Å²) in [4.78, 5) is 10.3. The largest absolute Gasteiger partial charge is 0.471 e. The fraction of sp³-hybridized carbons (Fsp3) is 0.333. The molecule has 1 amide bonds.